The van der Waals surface area contributed by atoms with E-state index in [1.165, 1.54) is 6.07 Å². The first-order chi connectivity index (χ1) is 8.18. The summed E-state index contributed by atoms with van der Waals surface area (Å²) in [7, 11) is 0. The number of hydrogen-bond donors (Lipinski definition) is 1. The number of para-hydroxylation sites is 1. The van der Waals surface area contributed by atoms with Crippen molar-refractivity contribution < 1.29 is 4.39 Å². The highest BCUT2D eigenvalue weighted by molar-refractivity contribution is 6.33. The maximum absolute atomic E-state index is 13.5. The second-order valence-corrected chi connectivity index (χ2v) is 4.36. The van der Waals surface area contributed by atoms with Crippen LogP contribution in [0, 0.1) is 5.82 Å². The lowest BCUT2D eigenvalue weighted by molar-refractivity contribution is 0.630. The van der Waals surface area contributed by atoms with Crippen LogP contribution in [0.1, 0.15) is 5.56 Å². The molecule has 0 aliphatic carbocycles. The summed E-state index contributed by atoms with van der Waals surface area (Å²) in [6.07, 6.45) is 0. The SMILES string of the molecule is Fc1cccc(Cl)c1NCc1ccccc1Cl. The molecular weight excluding hydrogens is 260 g/mol. The van der Waals surface area contributed by atoms with Crippen LogP contribution in [-0.4, -0.2) is 0 Å². The summed E-state index contributed by atoms with van der Waals surface area (Å²) in [6.45, 7) is 0.431. The number of nitrogens with one attached hydrogen (secondary N) is 1. The minimum atomic E-state index is -0.371. The van der Waals surface area contributed by atoms with Gasteiger partial charge in [0.1, 0.15) is 5.82 Å². The van der Waals surface area contributed by atoms with Crippen molar-refractivity contribution in [1.29, 1.82) is 0 Å². The molecule has 0 saturated carbocycles. The van der Waals surface area contributed by atoms with Gasteiger partial charge in [-0.1, -0.05) is 47.5 Å². The van der Waals surface area contributed by atoms with E-state index in [2.05, 4.69) is 5.32 Å². The first-order valence-electron chi connectivity index (χ1n) is 5.10. The smallest absolute Gasteiger partial charge is 0.147 e. The summed E-state index contributed by atoms with van der Waals surface area (Å²) in [5, 5.41) is 3.95. The van der Waals surface area contributed by atoms with Gasteiger partial charge in [-0.15, -0.1) is 0 Å². The average Bonchev–Trinajstić information content (AvgIpc) is 2.30. The van der Waals surface area contributed by atoms with Gasteiger partial charge in [-0.05, 0) is 23.8 Å². The maximum Gasteiger partial charge on any atom is 0.147 e. The Kier molecular flexibility index (Phi) is 3.87. The highest BCUT2D eigenvalue weighted by Crippen LogP contribution is 2.26. The Bertz CT molecular complexity index is 508. The van der Waals surface area contributed by atoms with Crippen LogP contribution in [0.2, 0.25) is 10.0 Å². The summed E-state index contributed by atoms with van der Waals surface area (Å²) >= 11 is 11.9. The summed E-state index contributed by atoms with van der Waals surface area (Å²) in [4.78, 5) is 0. The van der Waals surface area contributed by atoms with Crippen LogP contribution in [0.25, 0.3) is 0 Å². The topological polar surface area (TPSA) is 12.0 Å². The van der Waals surface area contributed by atoms with E-state index >= 15 is 0 Å². The molecule has 0 amide bonds. The van der Waals surface area contributed by atoms with E-state index in [1.807, 2.05) is 18.2 Å². The zero-order valence-electron chi connectivity index (χ0n) is 8.88. The Labute approximate surface area is 109 Å². The highest BCUT2D eigenvalue weighted by Gasteiger charge is 2.06. The molecule has 0 radical (unpaired) electrons. The van der Waals surface area contributed by atoms with Crippen molar-refractivity contribution in [3.05, 3.63) is 63.9 Å². The zero-order chi connectivity index (χ0) is 12.3. The van der Waals surface area contributed by atoms with E-state index in [0.29, 0.717) is 22.3 Å². The molecule has 0 heterocycles. The molecule has 2 aromatic carbocycles. The van der Waals surface area contributed by atoms with Gasteiger partial charge in [0, 0.05) is 11.6 Å². The minimum Gasteiger partial charge on any atom is -0.377 e. The van der Waals surface area contributed by atoms with Crippen molar-refractivity contribution in [3.63, 3.8) is 0 Å². The van der Waals surface area contributed by atoms with Gasteiger partial charge >= 0.3 is 0 Å². The molecule has 88 valence electrons. The molecule has 1 nitrogen and oxygen atoms in total. The number of benzene rings is 2. The molecule has 0 spiro atoms. The fourth-order valence-corrected chi connectivity index (χ4v) is 1.92. The Balaban J connectivity index is 2.16. The third-order valence-corrected chi connectivity index (χ3v) is 3.06. The van der Waals surface area contributed by atoms with E-state index in [0.717, 1.165) is 5.56 Å². The predicted molar refractivity (Wildman–Crippen MR) is 70.2 cm³/mol. The predicted octanol–water partition coefficient (Wildman–Crippen LogP) is 4.74. The summed E-state index contributed by atoms with van der Waals surface area (Å²) < 4.78 is 13.5. The number of anilines is 1. The molecule has 0 atom stereocenters. The van der Waals surface area contributed by atoms with Crippen molar-refractivity contribution in [3.8, 4) is 0 Å². The fraction of sp³-hybridized carbons (Fsp3) is 0.0769. The summed E-state index contributed by atoms with van der Waals surface area (Å²) in [5.74, 6) is -0.371. The number of rotatable bonds is 3. The third-order valence-electron chi connectivity index (χ3n) is 2.38. The number of halogens is 3. The monoisotopic (exact) mass is 269 g/mol. The lowest BCUT2D eigenvalue weighted by Crippen LogP contribution is -2.02. The van der Waals surface area contributed by atoms with Crippen molar-refractivity contribution in [2.45, 2.75) is 6.54 Å². The Morgan fingerprint density at radius 3 is 2.35 bits per heavy atom. The molecule has 1 N–H and O–H groups in total. The van der Waals surface area contributed by atoms with Crippen LogP contribution in [0.3, 0.4) is 0 Å². The molecule has 2 rings (SSSR count). The van der Waals surface area contributed by atoms with Crippen LogP contribution in [0.15, 0.2) is 42.5 Å². The molecule has 0 saturated heterocycles. The molecular formula is C13H10Cl2FN. The largest absolute Gasteiger partial charge is 0.377 e. The normalized spacial score (nSPS) is 10.3. The van der Waals surface area contributed by atoms with Crippen molar-refractivity contribution >= 4 is 28.9 Å². The molecule has 0 fully saturated rings. The lowest BCUT2D eigenvalue weighted by atomic mass is 10.2. The van der Waals surface area contributed by atoms with Gasteiger partial charge in [0.05, 0.1) is 10.7 Å². The summed E-state index contributed by atoms with van der Waals surface area (Å²) in [6, 6.07) is 12.0. The molecule has 0 aromatic heterocycles. The van der Waals surface area contributed by atoms with Crippen LogP contribution < -0.4 is 5.32 Å². The Morgan fingerprint density at radius 1 is 0.941 bits per heavy atom. The van der Waals surface area contributed by atoms with Crippen LogP contribution in [0.4, 0.5) is 10.1 Å². The van der Waals surface area contributed by atoms with Crippen LogP contribution in [-0.2, 0) is 6.54 Å². The minimum absolute atomic E-state index is 0.300. The molecule has 0 unspecified atom stereocenters. The molecule has 2 aromatic rings. The van der Waals surface area contributed by atoms with Crippen LogP contribution >= 0.6 is 23.2 Å². The molecule has 0 aliphatic rings. The molecule has 4 heteroatoms. The quantitative estimate of drug-likeness (QED) is 0.849. The van der Waals surface area contributed by atoms with Crippen molar-refractivity contribution in [2.24, 2.45) is 0 Å². The van der Waals surface area contributed by atoms with Crippen LogP contribution in [0.5, 0.6) is 0 Å². The zero-order valence-corrected chi connectivity index (χ0v) is 10.4. The molecule has 17 heavy (non-hydrogen) atoms. The molecule has 0 bridgehead atoms. The first-order valence-corrected chi connectivity index (χ1v) is 5.85. The second kappa shape index (κ2) is 5.39. The van der Waals surface area contributed by atoms with E-state index in [-0.39, 0.29) is 5.82 Å². The Hall–Kier alpha value is -1.25. The van der Waals surface area contributed by atoms with E-state index < -0.39 is 0 Å². The van der Waals surface area contributed by atoms with E-state index in [4.69, 9.17) is 23.2 Å². The van der Waals surface area contributed by atoms with Gasteiger partial charge in [-0.3, -0.25) is 0 Å². The first kappa shape index (κ1) is 12.2. The van der Waals surface area contributed by atoms with Crippen molar-refractivity contribution in [1.82, 2.24) is 0 Å². The average molecular weight is 270 g/mol. The van der Waals surface area contributed by atoms with Gasteiger partial charge in [0.25, 0.3) is 0 Å². The van der Waals surface area contributed by atoms with E-state index in [1.54, 1.807) is 18.2 Å². The van der Waals surface area contributed by atoms with Gasteiger partial charge in [0.15, 0.2) is 0 Å². The lowest BCUT2D eigenvalue weighted by Gasteiger charge is -2.10. The third kappa shape index (κ3) is 2.90. The summed E-state index contributed by atoms with van der Waals surface area (Å²) in [5.41, 5.74) is 1.20. The van der Waals surface area contributed by atoms with Gasteiger partial charge in [0.2, 0.25) is 0 Å². The highest BCUT2D eigenvalue weighted by atomic mass is 35.5. The number of hydrogen-bond acceptors (Lipinski definition) is 1. The standard InChI is InChI=1S/C13H10Cl2FN/c14-10-5-2-1-4-9(10)8-17-13-11(15)6-3-7-12(13)16/h1-7,17H,8H2. The second-order valence-electron chi connectivity index (χ2n) is 3.54. The molecule has 0 aliphatic heterocycles. The fourth-order valence-electron chi connectivity index (χ4n) is 1.49. The maximum atomic E-state index is 13.5. The van der Waals surface area contributed by atoms with Gasteiger partial charge in [-0.25, -0.2) is 4.39 Å². The Morgan fingerprint density at radius 2 is 1.65 bits per heavy atom. The van der Waals surface area contributed by atoms with Gasteiger partial charge in [-0.2, -0.15) is 0 Å². The van der Waals surface area contributed by atoms with Crippen molar-refractivity contribution in [2.75, 3.05) is 5.32 Å². The van der Waals surface area contributed by atoms with Gasteiger partial charge < -0.3 is 5.32 Å². The van der Waals surface area contributed by atoms with E-state index in [9.17, 15) is 4.39 Å².